The highest BCUT2D eigenvalue weighted by Gasteiger charge is 2.40. The molecule has 0 bridgehead atoms. The Morgan fingerprint density at radius 1 is 1.11 bits per heavy atom. The molecule has 0 radical (unpaired) electrons. The number of carbonyl (C=O) groups is 2. The smallest absolute Gasteiger partial charge is 0.385 e. The average molecular weight is 500 g/mol. The number of rotatable bonds is 6. The Kier molecular flexibility index (Phi) is 7.38. The van der Waals surface area contributed by atoms with Gasteiger partial charge in [0.1, 0.15) is 0 Å². The summed E-state index contributed by atoms with van der Waals surface area (Å²) in [5, 5.41) is 16.3. The Labute approximate surface area is 207 Å². The van der Waals surface area contributed by atoms with Crippen molar-refractivity contribution >= 4 is 11.8 Å². The summed E-state index contributed by atoms with van der Waals surface area (Å²) in [6, 6.07) is 11.8. The molecule has 0 aromatic heterocycles. The molecule has 1 heterocycles. The number of nitrogens with one attached hydrogen (secondary N) is 2. The highest BCUT2D eigenvalue weighted by atomic mass is 19.4. The van der Waals surface area contributed by atoms with Crippen molar-refractivity contribution in [3.63, 3.8) is 0 Å². The van der Waals surface area contributed by atoms with Gasteiger partial charge in [0.2, 0.25) is 5.91 Å². The fourth-order valence-corrected chi connectivity index (χ4v) is 4.91. The van der Waals surface area contributed by atoms with E-state index in [9.17, 15) is 27.9 Å². The van der Waals surface area contributed by atoms with Crippen LogP contribution < -0.4 is 10.6 Å². The van der Waals surface area contributed by atoms with Crippen molar-refractivity contribution in [3.8, 4) is 12.3 Å². The van der Waals surface area contributed by atoms with Gasteiger partial charge < -0.3 is 15.7 Å². The number of aliphatic hydroxyl groups is 1. The van der Waals surface area contributed by atoms with E-state index in [1.165, 1.54) is 6.07 Å². The minimum absolute atomic E-state index is 0.0592. The molecule has 1 aliphatic carbocycles. The Morgan fingerprint density at radius 2 is 1.81 bits per heavy atom. The van der Waals surface area contributed by atoms with E-state index in [0.717, 1.165) is 42.2 Å². The second-order valence-electron chi connectivity index (χ2n) is 9.47. The van der Waals surface area contributed by atoms with Crippen molar-refractivity contribution < 1.29 is 27.9 Å². The summed E-state index contributed by atoms with van der Waals surface area (Å²) >= 11 is 0. The summed E-state index contributed by atoms with van der Waals surface area (Å²) in [6.45, 7) is 1.02. The summed E-state index contributed by atoms with van der Waals surface area (Å²) in [4.78, 5) is 26.6. The molecule has 1 saturated carbocycles. The predicted octanol–water partition coefficient (Wildman–Crippen LogP) is 3.05. The molecule has 9 heteroatoms. The number of nitrogens with zero attached hydrogens (tertiary/aromatic N) is 1. The zero-order valence-electron chi connectivity index (χ0n) is 19.6. The van der Waals surface area contributed by atoms with Crippen molar-refractivity contribution in [2.45, 2.75) is 49.5 Å². The van der Waals surface area contributed by atoms with Crippen LogP contribution in [-0.4, -0.2) is 53.5 Å². The molecule has 2 aromatic carbocycles. The molecule has 0 spiro atoms. The second-order valence-corrected chi connectivity index (χ2v) is 9.47. The molecule has 3 N–H and O–H groups in total. The van der Waals surface area contributed by atoms with Crippen LogP contribution in [0.3, 0.4) is 0 Å². The van der Waals surface area contributed by atoms with Crippen molar-refractivity contribution in [1.82, 2.24) is 15.5 Å². The van der Waals surface area contributed by atoms with Crippen LogP contribution in [0.5, 0.6) is 0 Å². The van der Waals surface area contributed by atoms with Gasteiger partial charge in [0.15, 0.2) is 0 Å². The standard InChI is InChI=1S/C27H28F3N3O3/c1-2-18-5-3-7-20(13-18)26(36)11-9-23(10-12-26)33-16-22(17-33)32-24(34)15-31-25(35)19-6-4-8-21(14-19)27(28,29)30/h1,3-8,13-14,22-23,36H,9-12,15-17H2,(H,31,35)(H,32,34)/t23-,26-. The fourth-order valence-electron chi connectivity index (χ4n) is 4.91. The van der Waals surface area contributed by atoms with E-state index in [2.05, 4.69) is 21.5 Å². The summed E-state index contributed by atoms with van der Waals surface area (Å²) in [7, 11) is 0. The lowest BCUT2D eigenvalue weighted by Gasteiger charge is -2.48. The Hall–Kier alpha value is -3.35. The number of amides is 2. The third-order valence-electron chi connectivity index (χ3n) is 7.00. The largest absolute Gasteiger partial charge is 0.416 e. The minimum atomic E-state index is -4.55. The van der Waals surface area contributed by atoms with Crippen LogP contribution in [-0.2, 0) is 16.6 Å². The first-order valence-corrected chi connectivity index (χ1v) is 11.9. The van der Waals surface area contributed by atoms with Gasteiger partial charge in [-0.05, 0) is 61.6 Å². The number of terminal acetylenes is 1. The molecule has 2 aromatic rings. The van der Waals surface area contributed by atoms with Gasteiger partial charge in [-0.2, -0.15) is 13.2 Å². The van der Waals surface area contributed by atoms with E-state index in [1.54, 1.807) is 0 Å². The first-order chi connectivity index (χ1) is 17.1. The molecule has 4 rings (SSSR count). The minimum Gasteiger partial charge on any atom is -0.385 e. The molecule has 2 amide bonds. The Bertz CT molecular complexity index is 1160. The number of alkyl halides is 3. The first kappa shape index (κ1) is 25.7. The van der Waals surface area contributed by atoms with Gasteiger partial charge in [-0.15, -0.1) is 6.42 Å². The van der Waals surface area contributed by atoms with E-state index >= 15 is 0 Å². The molecule has 1 aliphatic heterocycles. The van der Waals surface area contributed by atoms with E-state index in [4.69, 9.17) is 6.42 Å². The van der Waals surface area contributed by atoms with Crippen molar-refractivity contribution in [1.29, 1.82) is 0 Å². The lowest BCUT2D eigenvalue weighted by molar-refractivity contribution is -0.137. The molecule has 0 unspecified atom stereocenters. The monoisotopic (exact) mass is 499 g/mol. The van der Waals surface area contributed by atoms with Gasteiger partial charge in [-0.25, -0.2) is 0 Å². The average Bonchev–Trinajstić information content (AvgIpc) is 2.85. The Morgan fingerprint density at radius 3 is 2.47 bits per heavy atom. The molecule has 0 atom stereocenters. The molecule has 2 fully saturated rings. The molecular formula is C27H28F3N3O3. The fraction of sp³-hybridized carbons (Fsp3) is 0.407. The molecular weight excluding hydrogens is 471 g/mol. The van der Waals surface area contributed by atoms with E-state index in [1.807, 2.05) is 24.3 Å². The highest BCUT2D eigenvalue weighted by Crippen LogP contribution is 2.39. The van der Waals surface area contributed by atoms with Crippen molar-refractivity contribution in [3.05, 3.63) is 70.8 Å². The second kappa shape index (κ2) is 10.3. The quantitative estimate of drug-likeness (QED) is 0.534. The number of carbonyl (C=O) groups excluding carboxylic acids is 2. The number of benzene rings is 2. The zero-order chi connectivity index (χ0) is 25.9. The van der Waals surface area contributed by atoms with Crippen LogP contribution in [0.1, 0.15) is 52.7 Å². The van der Waals surface area contributed by atoms with Gasteiger partial charge >= 0.3 is 6.18 Å². The van der Waals surface area contributed by atoms with E-state index in [-0.39, 0.29) is 18.2 Å². The third-order valence-corrected chi connectivity index (χ3v) is 7.00. The van der Waals surface area contributed by atoms with E-state index < -0.39 is 29.2 Å². The van der Waals surface area contributed by atoms with Gasteiger partial charge in [0.25, 0.3) is 5.91 Å². The maximum absolute atomic E-state index is 12.8. The van der Waals surface area contributed by atoms with Crippen LogP contribution in [0.15, 0.2) is 48.5 Å². The molecule has 2 aliphatic rings. The number of likely N-dealkylation sites (tertiary alicyclic amines) is 1. The SMILES string of the molecule is C#Cc1cccc([C@]2(O)CC[C@H](N3CC(NC(=O)CNC(=O)c4cccc(C(F)(F)F)c4)C3)CC2)c1. The molecule has 6 nitrogen and oxygen atoms in total. The summed E-state index contributed by atoms with van der Waals surface area (Å²) in [5.74, 6) is 1.46. The predicted molar refractivity (Wildman–Crippen MR) is 128 cm³/mol. The van der Waals surface area contributed by atoms with Crippen LogP contribution in [0.2, 0.25) is 0 Å². The molecule has 1 saturated heterocycles. The maximum atomic E-state index is 12.8. The zero-order valence-corrected chi connectivity index (χ0v) is 19.6. The summed E-state index contributed by atoms with van der Waals surface area (Å²) in [5.41, 5.74) is -0.375. The lowest BCUT2D eigenvalue weighted by atomic mass is 9.76. The topological polar surface area (TPSA) is 81.7 Å². The summed E-state index contributed by atoms with van der Waals surface area (Å²) in [6.07, 6.45) is 3.83. The Balaban J connectivity index is 1.19. The van der Waals surface area contributed by atoms with Crippen LogP contribution in [0.25, 0.3) is 0 Å². The van der Waals surface area contributed by atoms with Crippen molar-refractivity contribution in [2.24, 2.45) is 0 Å². The normalized spacial score (nSPS) is 22.8. The van der Waals surface area contributed by atoms with Gasteiger partial charge in [-0.1, -0.05) is 24.1 Å². The lowest BCUT2D eigenvalue weighted by Crippen LogP contribution is -2.63. The van der Waals surface area contributed by atoms with Gasteiger partial charge in [-0.3, -0.25) is 14.5 Å². The molecule has 190 valence electrons. The number of hydrogen-bond acceptors (Lipinski definition) is 4. The number of halogens is 3. The van der Waals surface area contributed by atoms with Gasteiger partial charge in [0.05, 0.1) is 23.8 Å². The van der Waals surface area contributed by atoms with Crippen LogP contribution in [0, 0.1) is 12.3 Å². The summed E-state index contributed by atoms with van der Waals surface area (Å²) < 4.78 is 38.5. The van der Waals surface area contributed by atoms with Crippen LogP contribution >= 0.6 is 0 Å². The van der Waals surface area contributed by atoms with E-state index in [0.29, 0.717) is 32.0 Å². The maximum Gasteiger partial charge on any atom is 0.416 e. The van der Waals surface area contributed by atoms with Crippen molar-refractivity contribution in [2.75, 3.05) is 19.6 Å². The first-order valence-electron chi connectivity index (χ1n) is 11.9. The number of hydrogen-bond donors (Lipinski definition) is 3. The highest BCUT2D eigenvalue weighted by molar-refractivity contribution is 5.96. The van der Waals surface area contributed by atoms with Gasteiger partial charge in [0, 0.05) is 30.3 Å². The molecule has 36 heavy (non-hydrogen) atoms. The van der Waals surface area contributed by atoms with Crippen LogP contribution in [0.4, 0.5) is 13.2 Å². The third kappa shape index (κ3) is 5.89.